The zero-order chi connectivity index (χ0) is 11.4. The van der Waals surface area contributed by atoms with Crippen molar-refractivity contribution in [3.63, 3.8) is 0 Å². The maximum atomic E-state index is 11.8. The van der Waals surface area contributed by atoms with Gasteiger partial charge in [-0.25, -0.2) is 0 Å². The minimum absolute atomic E-state index is 0.0223. The Hall–Kier alpha value is -1.71. The maximum absolute atomic E-state index is 11.8. The Labute approximate surface area is 90.1 Å². The smallest absolute Gasteiger partial charge is 0.255 e. The second kappa shape index (κ2) is 4.68. The largest absolute Gasteiger partial charge is 0.399 e. The standard InChI is InChI=1S/C11H17N3O/c1-4-13-10-7-8(12)5-6-9(10)11(15)14(2)3/h5-7,13H,4,12H2,1-3H3. The van der Waals surface area contributed by atoms with E-state index in [1.807, 2.05) is 6.92 Å². The van der Waals surface area contributed by atoms with Crippen LogP contribution in [0.3, 0.4) is 0 Å². The molecule has 0 bridgehead atoms. The Bertz CT molecular complexity index is 361. The van der Waals surface area contributed by atoms with Crippen LogP contribution in [0.25, 0.3) is 0 Å². The van der Waals surface area contributed by atoms with E-state index in [-0.39, 0.29) is 5.91 Å². The number of amides is 1. The van der Waals surface area contributed by atoms with Gasteiger partial charge in [0.25, 0.3) is 5.91 Å². The van der Waals surface area contributed by atoms with Gasteiger partial charge in [0.1, 0.15) is 0 Å². The molecule has 4 nitrogen and oxygen atoms in total. The van der Waals surface area contributed by atoms with Crippen molar-refractivity contribution >= 4 is 17.3 Å². The van der Waals surface area contributed by atoms with Crippen molar-refractivity contribution in [1.82, 2.24) is 4.90 Å². The van der Waals surface area contributed by atoms with Crippen LogP contribution in [0.15, 0.2) is 18.2 Å². The summed E-state index contributed by atoms with van der Waals surface area (Å²) in [6.45, 7) is 2.74. The third-order valence-electron chi connectivity index (χ3n) is 2.05. The molecule has 0 unspecified atom stereocenters. The molecular formula is C11H17N3O. The molecule has 0 fully saturated rings. The number of hydrogen-bond donors (Lipinski definition) is 2. The van der Waals surface area contributed by atoms with E-state index in [1.165, 1.54) is 0 Å². The van der Waals surface area contributed by atoms with E-state index in [1.54, 1.807) is 37.2 Å². The lowest BCUT2D eigenvalue weighted by Gasteiger charge is -2.15. The molecule has 0 aliphatic rings. The zero-order valence-corrected chi connectivity index (χ0v) is 9.37. The molecule has 15 heavy (non-hydrogen) atoms. The topological polar surface area (TPSA) is 58.4 Å². The number of nitrogens with two attached hydrogens (primary N) is 1. The number of anilines is 2. The van der Waals surface area contributed by atoms with Crippen LogP contribution >= 0.6 is 0 Å². The van der Waals surface area contributed by atoms with Gasteiger partial charge in [-0.3, -0.25) is 4.79 Å². The first-order valence-electron chi connectivity index (χ1n) is 4.91. The first-order chi connectivity index (χ1) is 7.06. The lowest BCUT2D eigenvalue weighted by Crippen LogP contribution is -2.23. The summed E-state index contributed by atoms with van der Waals surface area (Å²) in [7, 11) is 3.46. The van der Waals surface area contributed by atoms with Crippen LogP contribution in [0.5, 0.6) is 0 Å². The summed E-state index contributed by atoms with van der Waals surface area (Å²) in [5.74, 6) is -0.0223. The van der Waals surface area contributed by atoms with Crippen molar-refractivity contribution < 1.29 is 4.79 Å². The number of nitrogens with zero attached hydrogens (tertiary/aromatic N) is 1. The van der Waals surface area contributed by atoms with Crippen LogP contribution in [0, 0.1) is 0 Å². The minimum Gasteiger partial charge on any atom is -0.399 e. The summed E-state index contributed by atoms with van der Waals surface area (Å²) < 4.78 is 0. The fourth-order valence-electron chi connectivity index (χ4n) is 1.33. The fraction of sp³-hybridized carbons (Fsp3) is 0.364. The van der Waals surface area contributed by atoms with Crippen LogP contribution in [-0.2, 0) is 0 Å². The Kier molecular flexibility index (Phi) is 3.55. The molecular weight excluding hydrogens is 190 g/mol. The predicted octanol–water partition coefficient (Wildman–Crippen LogP) is 1.40. The van der Waals surface area contributed by atoms with Gasteiger partial charge >= 0.3 is 0 Å². The van der Waals surface area contributed by atoms with Crippen LogP contribution < -0.4 is 11.1 Å². The number of benzene rings is 1. The quantitative estimate of drug-likeness (QED) is 0.737. The van der Waals surface area contributed by atoms with Gasteiger partial charge in [0, 0.05) is 32.0 Å². The molecule has 1 rings (SSSR count). The summed E-state index contributed by atoms with van der Waals surface area (Å²) in [6.07, 6.45) is 0. The lowest BCUT2D eigenvalue weighted by atomic mass is 10.1. The van der Waals surface area contributed by atoms with E-state index in [0.29, 0.717) is 11.3 Å². The average Bonchev–Trinajstić information content (AvgIpc) is 2.17. The molecule has 0 saturated carbocycles. The van der Waals surface area contributed by atoms with Gasteiger partial charge in [-0.05, 0) is 25.1 Å². The van der Waals surface area contributed by atoms with Crippen LogP contribution in [0.4, 0.5) is 11.4 Å². The number of hydrogen-bond acceptors (Lipinski definition) is 3. The predicted molar refractivity (Wildman–Crippen MR) is 63.0 cm³/mol. The fourth-order valence-corrected chi connectivity index (χ4v) is 1.33. The number of rotatable bonds is 3. The highest BCUT2D eigenvalue weighted by molar-refractivity contribution is 5.99. The van der Waals surface area contributed by atoms with Gasteiger partial charge < -0.3 is 16.0 Å². The minimum atomic E-state index is -0.0223. The molecule has 4 heteroatoms. The van der Waals surface area contributed by atoms with E-state index in [2.05, 4.69) is 5.32 Å². The van der Waals surface area contributed by atoms with Crippen molar-refractivity contribution in [2.75, 3.05) is 31.7 Å². The number of carbonyl (C=O) groups is 1. The molecule has 1 aromatic carbocycles. The third-order valence-corrected chi connectivity index (χ3v) is 2.05. The van der Waals surface area contributed by atoms with Crippen molar-refractivity contribution in [3.8, 4) is 0 Å². The van der Waals surface area contributed by atoms with Crippen LogP contribution in [0.2, 0.25) is 0 Å². The highest BCUT2D eigenvalue weighted by Gasteiger charge is 2.12. The van der Waals surface area contributed by atoms with E-state index < -0.39 is 0 Å². The van der Waals surface area contributed by atoms with Gasteiger partial charge in [0.15, 0.2) is 0 Å². The second-order valence-electron chi connectivity index (χ2n) is 3.53. The van der Waals surface area contributed by atoms with Crippen molar-refractivity contribution in [1.29, 1.82) is 0 Å². The molecule has 0 radical (unpaired) electrons. The van der Waals surface area contributed by atoms with Crippen molar-refractivity contribution in [3.05, 3.63) is 23.8 Å². The Balaban J connectivity index is 3.10. The second-order valence-corrected chi connectivity index (χ2v) is 3.53. The monoisotopic (exact) mass is 207 g/mol. The van der Waals surface area contributed by atoms with E-state index in [4.69, 9.17) is 5.73 Å². The molecule has 0 heterocycles. The Morgan fingerprint density at radius 1 is 1.47 bits per heavy atom. The lowest BCUT2D eigenvalue weighted by molar-refractivity contribution is 0.0828. The SMILES string of the molecule is CCNc1cc(N)ccc1C(=O)N(C)C. The molecule has 0 atom stereocenters. The van der Waals surface area contributed by atoms with E-state index >= 15 is 0 Å². The normalized spacial score (nSPS) is 9.80. The number of carbonyl (C=O) groups excluding carboxylic acids is 1. The molecule has 1 amide bonds. The van der Waals surface area contributed by atoms with Crippen molar-refractivity contribution in [2.45, 2.75) is 6.92 Å². The molecule has 0 aromatic heterocycles. The average molecular weight is 207 g/mol. The van der Waals surface area contributed by atoms with E-state index in [9.17, 15) is 4.79 Å². The van der Waals surface area contributed by atoms with Gasteiger partial charge in [0.05, 0.1) is 5.56 Å². The van der Waals surface area contributed by atoms with E-state index in [0.717, 1.165) is 12.2 Å². The molecule has 0 spiro atoms. The van der Waals surface area contributed by atoms with Crippen LogP contribution in [0.1, 0.15) is 17.3 Å². The first kappa shape index (κ1) is 11.4. The van der Waals surface area contributed by atoms with Crippen molar-refractivity contribution in [2.24, 2.45) is 0 Å². The van der Waals surface area contributed by atoms with Crippen LogP contribution in [-0.4, -0.2) is 31.4 Å². The summed E-state index contributed by atoms with van der Waals surface area (Å²) in [5, 5.41) is 3.13. The molecule has 0 saturated heterocycles. The van der Waals surface area contributed by atoms with Gasteiger partial charge in [0.2, 0.25) is 0 Å². The molecule has 3 N–H and O–H groups in total. The maximum Gasteiger partial charge on any atom is 0.255 e. The summed E-state index contributed by atoms with van der Waals surface area (Å²) in [5.41, 5.74) is 7.76. The van der Waals surface area contributed by atoms with Gasteiger partial charge in [-0.2, -0.15) is 0 Å². The summed E-state index contributed by atoms with van der Waals surface area (Å²) in [6, 6.07) is 5.26. The highest BCUT2D eigenvalue weighted by atomic mass is 16.2. The Morgan fingerprint density at radius 2 is 2.13 bits per heavy atom. The molecule has 0 aliphatic carbocycles. The summed E-state index contributed by atoms with van der Waals surface area (Å²) >= 11 is 0. The zero-order valence-electron chi connectivity index (χ0n) is 9.37. The van der Waals surface area contributed by atoms with Gasteiger partial charge in [-0.1, -0.05) is 0 Å². The Morgan fingerprint density at radius 3 is 2.67 bits per heavy atom. The first-order valence-corrected chi connectivity index (χ1v) is 4.91. The molecule has 82 valence electrons. The summed E-state index contributed by atoms with van der Waals surface area (Å²) in [4.78, 5) is 13.3. The molecule has 1 aromatic rings. The molecule has 0 aliphatic heterocycles. The number of nitrogens with one attached hydrogen (secondary N) is 1. The highest BCUT2D eigenvalue weighted by Crippen LogP contribution is 2.20. The number of nitrogen functional groups attached to an aromatic ring is 1. The van der Waals surface area contributed by atoms with Gasteiger partial charge in [-0.15, -0.1) is 0 Å². The third kappa shape index (κ3) is 2.62.